The third-order valence-electron chi connectivity index (χ3n) is 5.11. The number of fused-ring (bicyclic) bond motifs is 1. The second-order valence-electron chi connectivity index (χ2n) is 7.27. The van der Waals surface area contributed by atoms with Gasteiger partial charge >= 0.3 is 0 Å². The smallest absolute Gasteiger partial charge is 0.227 e. The second kappa shape index (κ2) is 7.04. The van der Waals surface area contributed by atoms with Crippen molar-refractivity contribution in [1.82, 2.24) is 14.9 Å². The quantitative estimate of drug-likeness (QED) is 0.904. The first-order valence-corrected chi connectivity index (χ1v) is 9.23. The highest BCUT2D eigenvalue weighted by atomic mass is 15.3. The lowest BCUT2D eigenvalue weighted by Gasteiger charge is -2.34. The van der Waals surface area contributed by atoms with Gasteiger partial charge in [-0.15, -0.1) is 0 Å². The fourth-order valence-corrected chi connectivity index (χ4v) is 3.51. The Morgan fingerprint density at radius 1 is 1.09 bits per heavy atom. The summed E-state index contributed by atoms with van der Waals surface area (Å²) in [5.41, 5.74) is 2.57. The third-order valence-corrected chi connectivity index (χ3v) is 5.11. The maximum atomic E-state index is 4.93. The first-order valence-electron chi connectivity index (χ1n) is 9.23. The van der Waals surface area contributed by atoms with E-state index in [4.69, 9.17) is 9.97 Å². The van der Waals surface area contributed by atoms with Crippen molar-refractivity contribution < 1.29 is 0 Å². The van der Waals surface area contributed by atoms with Crippen LogP contribution in [-0.4, -0.2) is 46.6 Å². The molecule has 0 unspecified atom stereocenters. The molecule has 1 N–H and O–H groups in total. The molecule has 0 bridgehead atoms. The number of hydrogen-bond acceptors (Lipinski definition) is 5. The molecular formula is C18H31N5. The van der Waals surface area contributed by atoms with Crippen LogP contribution in [0.4, 0.5) is 11.8 Å². The van der Waals surface area contributed by atoms with Crippen molar-refractivity contribution in [2.75, 3.05) is 29.9 Å². The fourth-order valence-electron chi connectivity index (χ4n) is 3.51. The third kappa shape index (κ3) is 3.60. The Morgan fingerprint density at radius 3 is 2.48 bits per heavy atom. The Balaban J connectivity index is 1.92. The summed E-state index contributed by atoms with van der Waals surface area (Å²) in [5, 5.41) is 3.57. The molecule has 1 atom stereocenters. The predicted molar refractivity (Wildman–Crippen MR) is 96.1 cm³/mol. The van der Waals surface area contributed by atoms with Gasteiger partial charge in [-0.3, -0.25) is 4.90 Å². The molecule has 5 heteroatoms. The first kappa shape index (κ1) is 16.5. The van der Waals surface area contributed by atoms with Crippen molar-refractivity contribution in [2.45, 2.75) is 72.0 Å². The minimum Gasteiger partial charge on any atom is -0.367 e. The molecule has 1 aromatic rings. The molecule has 128 valence electrons. The molecule has 0 saturated carbocycles. The molecule has 23 heavy (non-hydrogen) atoms. The van der Waals surface area contributed by atoms with Crippen molar-refractivity contribution in [1.29, 1.82) is 0 Å². The van der Waals surface area contributed by atoms with Crippen LogP contribution >= 0.6 is 0 Å². The summed E-state index contributed by atoms with van der Waals surface area (Å²) in [7, 11) is 0. The van der Waals surface area contributed by atoms with E-state index in [2.05, 4.69) is 42.8 Å². The molecule has 1 aromatic heterocycles. The molecule has 1 fully saturated rings. The van der Waals surface area contributed by atoms with E-state index in [9.17, 15) is 0 Å². The van der Waals surface area contributed by atoms with E-state index < -0.39 is 0 Å². The van der Waals surface area contributed by atoms with E-state index in [1.807, 2.05) is 0 Å². The molecule has 0 aromatic carbocycles. The number of hydrogen-bond donors (Lipinski definition) is 1. The number of aromatic nitrogens is 2. The van der Waals surface area contributed by atoms with Gasteiger partial charge in [-0.1, -0.05) is 6.92 Å². The van der Waals surface area contributed by atoms with Crippen LogP contribution in [0.2, 0.25) is 0 Å². The minimum atomic E-state index is 0.388. The predicted octanol–water partition coefficient (Wildman–Crippen LogP) is 3.05. The Labute approximate surface area is 140 Å². The van der Waals surface area contributed by atoms with Gasteiger partial charge in [-0.2, -0.15) is 4.98 Å². The zero-order valence-corrected chi connectivity index (χ0v) is 15.1. The Kier molecular flexibility index (Phi) is 5.05. The highest BCUT2D eigenvalue weighted by Gasteiger charge is 2.26. The van der Waals surface area contributed by atoms with Crippen LogP contribution < -0.4 is 10.2 Å². The summed E-state index contributed by atoms with van der Waals surface area (Å²) in [6.45, 7) is 13.2. The molecule has 0 spiro atoms. The van der Waals surface area contributed by atoms with Crippen LogP contribution in [0.3, 0.4) is 0 Å². The van der Waals surface area contributed by atoms with E-state index in [0.29, 0.717) is 12.1 Å². The lowest BCUT2D eigenvalue weighted by molar-refractivity contribution is 0.185. The summed E-state index contributed by atoms with van der Waals surface area (Å²) >= 11 is 0. The van der Waals surface area contributed by atoms with Gasteiger partial charge in [0.05, 0.1) is 5.69 Å². The van der Waals surface area contributed by atoms with Crippen molar-refractivity contribution >= 4 is 11.8 Å². The minimum absolute atomic E-state index is 0.388. The molecule has 5 nitrogen and oxygen atoms in total. The van der Waals surface area contributed by atoms with Crippen LogP contribution in [-0.2, 0) is 13.0 Å². The number of rotatable bonds is 5. The van der Waals surface area contributed by atoms with Gasteiger partial charge in [-0.25, -0.2) is 4.98 Å². The van der Waals surface area contributed by atoms with E-state index in [-0.39, 0.29) is 0 Å². The maximum Gasteiger partial charge on any atom is 0.227 e. The van der Waals surface area contributed by atoms with E-state index >= 15 is 0 Å². The second-order valence-corrected chi connectivity index (χ2v) is 7.27. The van der Waals surface area contributed by atoms with Gasteiger partial charge in [0.2, 0.25) is 5.95 Å². The van der Waals surface area contributed by atoms with Crippen LogP contribution in [0.15, 0.2) is 0 Å². The highest BCUT2D eigenvalue weighted by Crippen LogP contribution is 2.29. The Morgan fingerprint density at radius 2 is 1.83 bits per heavy atom. The van der Waals surface area contributed by atoms with Crippen molar-refractivity contribution in [3.05, 3.63) is 11.3 Å². The Hall–Kier alpha value is -1.36. The molecular weight excluding hydrogens is 286 g/mol. The van der Waals surface area contributed by atoms with Crippen molar-refractivity contribution in [3.8, 4) is 0 Å². The normalized spacial score (nSPS) is 20.0. The van der Waals surface area contributed by atoms with Crippen molar-refractivity contribution in [3.63, 3.8) is 0 Å². The van der Waals surface area contributed by atoms with Crippen LogP contribution in [0.25, 0.3) is 0 Å². The summed E-state index contributed by atoms with van der Waals surface area (Å²) in [5.74, 6) is 1.99. The van der Waals surface area contributed by atoms with Gasteiger partial charge in [-0.05, 0) is 40.0 Å². The molecule has 3 rings (SSSR count). The van der Waals surface area contributed by atoms with E-state index in [0.717, 1.165) is 44.4 Å². The molecule has 0 radical (unpaired) electrons. The fraction of sp³-hybridized carbons (Fsp3) is 0.778. The van der Waals surface area contributed by atoms with Gasteiger partial charge in [0, 0.05) is 50.2 Å². The molecule has 2 aliphatic heterocycles. The largest absolute Gasteiger partial charge is 0.367 e. The first-order chi connectivity index (χ1) is 11.1. The van der Waals surface area contributed by atoms with Gasteiger partial charge in [0.25, 0.3) is 0 Å². The molecule has 0 amide bonds. The van der Waals surface area contributed by atoms with E-state index in [1.54, 1.807) is 0 Å². The summed E-state index contributed by atoms with van der Waals surface area (Å²) in [4.78, 5) is 14.7. The van der Waals surface area contributed by atoms with Crippen LogP contribution in [0, 0.1) is 0 Å². The Bertz CT molecular complexity index is 536. The average Bonchev–Trinajstić information content (AvgIpc) is 3.07. The molecule has 0 aliphatic carbocycles. The summed E-state index contributed by atoms with van der Waals surface area (Å²) in [6.07, 6.45) is 4.75. The van der Waals surface area contributed by atoms with E-state index in [1.165, 1.54) is 30.5 Å². The maximum absolute atomic E-state index is 4.93. The van der Waals surface area contributed by atoms with Gasteiger partial charge < -0.3 is 10.2 Å². The molecule has 1 saturated heterocycles. The van der Waals surface area contributed by atoms with Crippen molar-refractivity contribution in [2.24, 2.45) is 0 Å². The highest BCUT2D eigenvalue weighted by molar-refractivity contribution is 5.53. The SMILES string of the molecule is CC[C@H](C)N1CCc2nc(N3CCCC3)nc(NC(C)C)c2C1. The van der Waals surface area contributed by atoms with Gasteiger partial charge in [0.1, 0.15) is 5.82 Å². The van der Waals surface area contributed by atoms with Crippen LogP contribution in [0.5, 0.6) is 0 Å². The number of nitrogens with zero attached hydrogens (tertiary/aromatic N) is 4. The zero-order valence-electron chi connectivity index (χ0n) is 15.1. The molecule has 2 aliphatic rings. The summed E-state index contributed by atoms with van der Waals surface area (Å²) < 4.78 is 0. The molecule has 3 heterocycles. The number of nitrogens with one attached hydrogen (secondary N) is 1. The monoisotopic (exact) mass is 317 g/mol. The lowest BCUT2D eigenvalue weighted by atomic mass is 10.0. The lowest BCUT2D eigenvalue weighted by Crippen LogP contribution is -2.38. The summed E-state index contributed by atoms with van der Waals surface area (Å²) in [6, 6.07) is 1.01. The number of anilines is 2. The average molecular weight is 317 g/mol. The topological polar surface area (TPSA) is 44.3 Å². The van der Waals surface area contributed by atoms with Crippen LogP contribution in [0.1, 0.15) is 58.2 Å². The van der Waals surface area contributed by atoms with Gasteiger partial charge in [0.15, 0.2) is 0 Å². The zero-order chi connectivity index (χ0) is 16.4. The standard InChI is InChI=1S/C18H31N5/c1-5-14(4)23-11-8-16-15(12-23)17(19-13(2)3)21-18(20-16)22-9-6-7-10-22/h13-14H,5-12H2,1-4H3,(H,19,20,21)/t14-/m0/s1.